The number of esters is 3. The van der Waals surface area contributed by atoms with E-state index in [4.69, 9.17) is 23.7 Å². The zero-order valence-corrected chi connectivity index (χ0v) is 25.7. The standard InChI is InChI=1S/C31H30N6O10/c1-17(38)33-30-34-27-24(28(35-30)47-31(42)37(21-11-7-5-8-12-21)22-13-9-6-10-14-22)32-16-36(27)29-26(45-20(4)41)25(44-19(3)40)23(46-29)15-43-18(2)39/h5-14,16,23,25-26,29H,15H2,1-4H3,(H,33,34,35,38)/t23-,25+,26-,29-/m1/s1. The zero-order chi connectivity index (χ0) is 33.7. The summed E-state index contributed by atoms with van der Waals surface area (Å²) in [6.45, 7) is 4.42. The number of carbonyl (C=O) groups is 5. The van der Waals surface area contributed by atoms with Crippen molar-refractivity contribution in [3.8, 4) is 5.88 Å². The van der Waals surface area contributed by atoms with Crippen LogP contribution in [0.15, 0.2) is 67.0 Å². The lowest BCUT2D eigenvalue weighted by Gasteiger charge is -2.24. The quantitative estimate of drug-likeness (QED) is 0.206. The summed E-state index contributed by atoms with van der Waals surface area (Å²) in [5.74, 6) is -3.11. The first-order valence-corrected chi connectivity index (χ1v) is 14.3. The van der Waals surface area contributed by atoms with Crippen molar-refractivity contribution in [3.05, 3.63) is 67.0 Å². The van der Waals surface area contributed by atoms with Crippen LogP contribution in [0.1, 0.15) is 33.9 Å². The minimum Gasteiger partial charge on any atom is -0.463 e. The average molecular weight is 647 g/mol. The molecule has 1 N–H and O–H groups in total. The number of nitrogens with zero attached hydrogens (tertiary/aromatic N) is 5. The molecule has 4 atom stereocenters. The molecular weight excluding hydrogens is 616 g/mol. The Labute approximate surface area is 267 Å². The van der Waals surface area contributed by atoms with Gasteiger partial charge in [-0.25, -0.2) is 14.7 Å². The summed E-state index contributed by atoms with van der Waals surface area (Å²) in [6.07, 6.45) is -4.34. The van der Waals surface area contributed by atoms with E-state index >= 15 is 0 Å². The van der Waals surface area contributed by atoms with Crippen molar-refractivity contribution in [2.75, 3.05) is 16.8 Å². The monoisotopic (exact) mass is 646 g/mol. The van der Waals surface area contributed by atoms with E-state index in [-0.39, 0.29) is 29.6 Å². The van der Waals surface area contributed by atoms with Crippen LogP contribution in [0.5, 0.6) is 5.88 Å². The van der Waals surface area contributed by atoms with Gasteiger partial charge in [-0.05, 0) is 24.3 Å². The van der Waals surface area contributed by atoms with Crippen LogP contribution >= 0.6 is 0 Å². The molecule has 3 heterocycles. The molecule has 16 nitrogen and oxygen atoms in total. The van der Waals surface area contributed by atoms with E-state index in [1.54, 1.807) is 60.7 Å². The van der Waals surface area contributed by atoms with E-state index in [9.17, 15) is 24.0 Å². The molecule has 0 unspecified atom stereocenters. The Bertz CT molecular complexity index is 1760. The first-order chi connectivity index (χ1) is 22.5. The van der Waals surface area contributed by atoms with Gasteiger partial charge in [0, 0.05) is 27.7 Å². The van der Waals surface area contributed by atoms with Crippen LogP contribution in [0, 0.1) is 0 Å². The highest BCUT2D eigenvalue weighted by Gasteiger charge is 2.51. The van der Waals surface area contributed by atoms with Crippen LogP contribution in [-0.2, 0) is 38.1 Å². The SMILES string of the molecule is CC(=O)Nc1nc(OC(=O)N(c2ccccc2)c2ccccc2)c2ncn([C@@H]3O[C@H](COC(C)=O)[C@H](OC(C)=O)[C@H]3OC(C)=O)c2n1. The van der Waals surface area contributed by atoms with Gasteiger partial charge in [-0.3, -0.25) is 29.1 Å². The first-order valence-electron chi connectivity index (χ1n) is 14.3. The third-order valence-electron chi connectivity index (χ3n) is 6.69. The topological polar surface area (TPSA) is 190 Å². The number of aromatic nitrogens is 4. The Balaban J connectivity index is 1.58. The number of carbonyl (C=O) groups excluding carboxylic acids is 5. The number of nitrogens with one attached hydrogen (secondary N) is 1. The highest BCUT2D eigenvalue weighted by molar-refractivity contribution is 5.98. The molecule has 4 aromatic rings. The number of fused-ring (bicyclic) bond motifs is 1. The second kappa shape index (κ2) is 14.0. The third-order valence-corrected chi connectivity index (χ3v) is 6.69. The molecule has 1 saturated heterocycles. The number of hydrogen-bond acceptors (Lipinski definition) is 13. The predicted molar refractivity (Wildman–Crippen MR) is 162 cm³/mol. The number of hydrogen-bond donors (Lipinski definition) is 1. The van der Waals surface area contributed by atoms with Gasteiger partial charge in [0.25, 0.3) is 5.88 Å². The number of benzene rings is 2. The molecule has 0 spiro atoms. The molecule has 2 aromatic carbocycles. The van der Waals surface area contributed by atoms with Crippen molar-refractivity contribution in [3.63, 3.8) is 0 Å². The summed E-state index contributed by atoms with van der Waals surface area (Å²) in [5, 5.41) is 2.47. The Morgan fingerprint density at radius 2 is 1.43 bits per heavy atom. The van der Waals surface area contributed by atoms with Gasteiger partial charge >= 0.3 is 24.0 Å². The fourth-order valence-electron chi connectivity index (χ4n) is 4.92. The molecule has 244 valence electrons. The Hall–Kier alpha value is -5.90. The van der Waals surface area contributed by atoms with Gasteiger partial charge in [-0.15, -0.1) is 0 Å². The highest BCUT2D eigenvalue weighted by Crippen LogP contribution is 2.37. The maximum absolute atomic E-state index is 13.8. The summed E-state index contributed by atoms with van der Waals surface area (Å²) in [5.41, 5.74) is 0.974. The molecule has 0 bridgehead atoms. The fourth-order valence-corrected chi connectivity index (χ4v) is 4.92. The maximum atomic E-state index is 13.8. The van der Waals surface area contributed by atoms with Crippen LogP contribution in [-0.4, -0.2) is 74.3 Å². The van der Waals surface area contributed by atoms with Crippen LogP contribution in [0.2, 0.25) is 0 Å². The van der Waals surface area contributed by atoms with Crippen molar-refractivity contribution in [2.45, 2.75) is 52.2 Å². The van der Waals surface area contributed by atoms with Crippen molar-refractivity contribution in [2.24, 2.45) is 0 Å². The second-order valence-electron chi connectivity index (χ2n) is 10.2. The van der Waals surface area contributed by atoms with Crippen LogP contribution < -0.4 is 15.0 Å². The summed E-state index contributed by atoms with van der Waals surface area (Å²) in [6, 6.07) is 17.5. The van der Waals surface area contributed by atoms with Gasteiger partial charge < -0.3 is 23.7 Å². The van der Waals surface area contributed by atoms with Gasteiger partial charge in [0.1, 0.15) is 12.7 Å². The van der Waals surface area contributed by atoms with Gasteiger partial charge in [0.2, 0.25) is 11.9 Å². The van der Waals surface area contributed by atoms with Crippen LogP contribution in [0.4, 0.5) is 22.1 Å². The minimum atomic E-state index is -1.26. The molecule has 1 aliphatic heterocycles. The van der Waals surface area contributed by atoms with E-state index in [2.05, 4.69) is 20.3 Å². The fraction of sp³-hybridized carbons (Fsp3) is 0.290. The van der Waals surface area contributed by atoms with E-state index in [0.29, 0.717) is 11.4 Å². The number of imidazole rings is 1. The molecule has 16 heteroatoms. The molecule has 0 aliphatic carbocycles. The van der Waals surface area contributed by atoms with E-state index < -0.39 is 54.4 Å². The third kappa shape index (κ3) is 7.50. The molecule has 2 amide bonds. The Morgan fingerprint density at radius 3 is 1.98 bits per heavy atom. The molecule has 5 rings (SSSR count). The van der Waals surface area contributed by atoms with Gasteiger partial charge in [0.05, 0.1) is 17.7 Å². The maximum Gasteiger partial charge on any atom is 0.425 e. The lowest BCUT2D eigenvalue weighted by atomic mass is 10.1. The van der Waals surface area contributed by atoms with Gasteiger partial charge in [-0.1, -0.05) is 36.4 Å². The first kappa shape index (κ1) is 32.5. The summed E-state index contributed by atoms with van der Waals surface area (Å²) in [4.78, 5) is 75.9. The predicted octanol–water partition coefficient (Wildman–Crippen LogP) is 3.45. The van der Waals surface area contributed by atoms with Crippen molar-refractivity contribution >= 4 is 58.4 Å². The van der Waals surface area contributed by atoms with E-state index in [1.165, 1.54) is 29.6 Å². The molecule has 0 saturated carbocycles. The molecule has 1 fully saturated rings. The molecule has 0 radical (unpaired) electrons. The largest absolute Gasteiger partial charge is 0.463 e. The van der Waals surface area contributed by atoms with E-state index in [1.807, 2.05) is 0 Å². The highest BCUT2D eigenvalue weighted by atomic mass is 16.7. The van der Waals surface area contributed by atoms with Gasteiger partial charge in [-0.2, -0.15) is 9.97 Å². The zero-order valence-electron chi connectivity index (χ0n) is 25.7. The van der Waals surface area contributed by atoms with E-state index in [0.717, 1.165) is 13.8 Å². The molecular formula is C31H30N6O10. The normalized spacial score (nSPS) is 18.6. The molecule has 47 heavy (non-hydrogen) atoms. The molecule has 1 aliphatic rings. The number of para-hydroxylation sites is 2. The average Bonchev–Trinajstić information content (AvgIpc) is 3.57. The van der Waals surface area contributed by atoms with Crippen molar-refractivity contribution in [1.29, 1.82) is 0 Å². The van der Waals surface area contributed by atoms with Crippen LogP contribution in [0.3, 0.4) is 0 Å². The lowest BCUT2D eigenvalue weighted by molar-refractivity contribution is -0.166. The Kier molecular flexibility index (Phi) is 9.70. The summed E-state index contributed by atoms with van der Waals surface area (Å²) >= 11 is 0. The van der Waals surface area contributed by atoms with Crippen molar-refractivity contribution < 1.29 is 47.7 Å². The second-order valence-corrected chi connectivity index (χ2v) is 10.2. The van der Waals surface area contributed by atoms with Gasteiger partial charge in [0.15, 0.2) is 29.6 Å². The lowest BCUT2D eigenvalue weighted by Crippen LogP contribution is -2.40. The minimum absolute atomic E-state index is 0.00520. The summed E-state index contributed by atoms with van der Waals surface area (Å²) < 4.78 is 29.3. The number of ether oxygens (including phenoxy) is 5. The number of anilines is 3. The smallest absolute Gasteiger partial charge is 0.425 e. The number of amides is 2. The summed E-state index contributed by atoms with van der Waals surface area (Å²) in [7, 11) is 0. The van der Waals surface area contributed by atoms with Crippen LogP contribution in [0.25, 0.3) is 11.2 Å². The van der Waals surface area contributed by atoms with Crippen molar-refractivity contribution in [1.82, 2.24) is 19.5 Å². The number of rotatable bonds is 9. The Morgan fingerprint density at radius 1 is 0.830 bits per heavy atom. The molecule has 2 aromatic heterocycles.